The number of aliphatic hydroxyl groups is 1. The number of anilines is 1. The van der Waals surface area contributed by atoms with Gasteiger partial charge in [-0.2, -0.15) is 0 Å². The van der Waals surface area contributed by atoms with Gasteiger partial charge in [-0.05, 0) is 42.8 Å². The molecular formula is C27H21FN2O7S. The number of ketones is 1. The fourth-order valence-corrected chi connectivity index (χ4v) is 5.20. The molecule has 5 rings (SSSR count). The first-order valence-electron chi connectivity index (χ1n) is 11.5. The third-order valence-corrected chi connectivity index (χ3v) is 7.09. The van der Waals surface area contributed by atoms with E-state index in [0.717, 1.165) is 16.2 Å². The van der Waals surface area contributed by atoms with E-state index < -0.39 is 35.3 Å². The highest BCUT2D eigenvalue weighted by Crippen LogP contribution is 2.44. The van der Waals surface area contributed by atoms with Crippen LogP contribution in [0.3, 0.4) is 0 Å². The molecule has 1 N–H and O–H groups in total. The number of carbonyl (C=O) groups is 3. The van der Waals surface area contributed by atoms with Gasteiger partial charge in [-0.1, -0.05) is 36.1 Å². The summed E-state index contributed by atoms with van der Waals surface area (Å²) < 4.78 is 30.0. The molecule has 0 bridgehead atoms. The minimum absolute atomic E-state index is 0.0128. The Morgan fingerprint density at radius 1 is 1.21 bits per heavy atom. The first-order chi connectivity index (χ1) is 18.3. The zero-order chi connectivity index (χ0) is 27.0. The maximum Gasteiger partial charge on any atom is 0.350 e. The van der Waals surface area contributed by atoms with Crippen molar-refractivity contribution in [2.75, 3.05) is 24.7 Å². The number of esters is 1. The van der Waals surface area contributed by atoms with Gasteiger partial charge in [0.05, 0.1) is 17.3 Å². The molecule has 0 aliphatic carbocycles. The second-order valence-electron chi connectivity index (χ2n) is 8.38. The lowest BCUT2D eigenvalue weighted by molar-refractivity contribution is -0.132. The first kappa shape index (κ1) is 25.2. The van der Waals surface area contributed by atoms with E-state index in [-0.39, 0.29) is 27.8 Å². The van der Waals surface area contributed by atoms with E-state index in [4.69, 9.17) is 14.2 Å². The zero-order valence-electron chi connectivity index (χ0n) is 20.1. The number of aliphatic hydroxyl groups excluding tert-OH is 1. The fourth-order valence-electron chi connectivity index (χ4n) is 4.21. The summed E-state index contributed by atoms with van der Waals surface area (Å²) >= 11 is 0.869. The van der Waals surface area contributed by atoms with Gasteiger partial charge in [-0.15, -0.1) is 0 Å². The number of hydrogen-bond donors (Lipinski definition) is 1. The number of carbonyl (C=O) groups excluding carboxylic acids is 3. The van der Waals surface area contributed by atoms with Gasteiger partial charge >= 0.3 is 11.9 Å². The highest BCUT2D eigenvalue weighted by molar-refractivity contribution is 7.17. The molecule has 1 saturated heterocycles. The van der Waals surface area contributed by atoms with E-state index in [0.29, 0.717) is 36.0 Å². The molecule has 3 heterocycles. The summed E-state index contributed by atoms with van der Waals surface area (Å²) in [5.74, 6) is -2.68. The smallest absolute Gasteiger partial charge is 0.350 e. The second-order valence-corrected chi connectivity index (χ2v) is 9.35. The monoisotopic (exact) mass is 536 g/mol. The molecule has 1 aromatic heterocycles. The van der Waals surface area contributed by atoms with Gasteiger partial charge in [-0.25, -0.2) is 14.2 Å². The Hall–Kier alpha value is -4.51. The van der Waals surface area contributed by atoms with Gasteiger partial charge in [0, 0.05) is 5.56 Å². The number of rotatable bonds is 6. The lowest BCUT2D eigenvalue weighted by Crippen LogP contribution is -2.29. The molecule has 2 aliphatic heterocycles. The Balaban J connectivity index is 1.64. The van der Waals surface area contributed by atoms with Crippen LogP contribution < -0.4 is 14.4 Å². The van der Waals surface area contributed by atoms with Gasteiger partial charge in [0.25, 0.3) is 5.78 Å². The molecule has 0 saturated carbocycles. The Bertz CT molecular complexity index is 1500. The summed E-state index contributed by atoms with van der Waals surface area (Å²) in [4.78, 5) is 44.8. The Morgan fingerprint density at radius 3 is 2.63 bits per heavy atom. The third kappa shape index (κ3) is 4.41. The number of fused-ring (bicyclic) bond motifs is 1. The number of aryl methyl sites for hydroxylation is 1. The number of halogens is 1. The summed E-state index contributed by atoms with van der Waals surface area (Å²) in [6.45, 7) is 5.77. The van der Waals surface area contributed by atoms with Gasteiger partial charge in [-0.3, -0.25) is 14.5 Å². The van der Waals surface area contributed by atoms with Gasteiger partial charge in [0.15, 0.2) is 16.6 Å². The van der Waals surface area contributed by atoms with Crippen LogP contribution in [0.15, 0.2) is 60.7 Å². The lowest BCUT2D eigenvalue weighted by Gasteiger charge is -2.23. The molecular weight excluding hydrogens is 515 g/mol. The van der Waals surface area contributed by atoms with Crippen molar-refractivity contribution in [1.29, 1.82) is 0 Å². The summed E-state index contributed by atoms with van der Waals surface area (Å²) in [6, 6.07) is 8.70. The number of thiazole rings is 1. The highest BCUT2D eigenvalue weighted by Gasteiger charge is 2.48. The van der Waals surface area contributed by atoms with E-state index in [9.17, 15) is 23.9 Å². The van der Waals surface area contributed by atoms with Crippen molar-refractivity contribution in [1.82, 2.24) is 4.98 Å². The van der Waals surface area contributed by atoms with Crippen LogP contribution >= 0.6 is 11.3 Å². The van der Waals surface area contributed by atoms with Crippen LogP contribution in [0.2, 0.25) is 0 Å². The quantitative estimate of drug-likeness (QED) is 0.163. The first-order valence-corrected chi connectivity index (χ1v) is 12.3. The minimum Gasteiger partial charge on any atom is -0.507 e. The highest BCUT2D eigenvalue weighted by atomic mass is 32.1. The normalized spacial score (nSPS) is 17.9. The van der Waals surface area contributed by atoms with Crippen molar-refractivity contribution >= 4 is 39.9 Å². The second kappa shape index (κ2) is 10.1. The van der Waals surface area contributed by atoms with E-state index in [1.807, 2.05) is 0 Å². The van der Waals surface area contributed by atoms with Crippen LogP contribution in [-0.4, -0.2) is 47.6 Å². The molecule has 0 spiro atoms. The maximum absolute atomic E-state index is 13.8. The zero-order valence-corrected chi connectivity index (χ0v) is 20.9. The topological polar surface area (TPSA) is 115 Å². The molecule has 2 aromatic carbocycles. The van der Waals surface area contributed by atoms with Crippen LogP contribution in [0.25, 0.3) is 5.76 Å². The van der Waals surface area contributed by atoms with Crippen molar-refractivity contribution in [2.24, 2.45) is 0 Å². The average Bonchev–Trinajstić information content (AvgIpc) is 3.43. The maximum atomic E-state index is 13.8. The van der Waals surface area contributed by atoms with Crippen LogP contribution in [0.5, 0.6) is 11.5 Å². The van der Waals surface area contributed by atoms with Crippen molar-refractivity contribution in [3.05, 3.63) is 88.2 Å². The van der Waals surface area contributed by atoms with E-state index >= 15 is 0 Å². The molecule has 194 valence electrons. The number of aromatic nitrogens is 1. The van der Waals surface area contributed by atoms with Crippen molar-refractivity contribution in [3.8, 4) is 11.5 Å². The summed E-state index contributed by atoms with van der Waals surface area (Å²) in [6.07, 6.45) is 1.42. The molecule has 38 heavy (non-hydrogen) atoms. The molecule has 1 fully saturated rings. The molecule has 3 aromatic rings. The van der Waals surface area contributed by atoms with Gasteiger partial charge < -0.3 is 19.3 Å². The van der Waals surface area contributed by atoms with E-state index in [2.05, 4.69) is 11.6 Å². The Morgan fingerprint density at radius 2 is 1.92 bits per heavy atom. The molecule has 0 radical (unpaired) electrons. The van der Waals surface area contributed by atoms with E-state index in [1.54, 1.807) is 19.1 Å². The Kier molecular flexibility index (Phi) is 6.68. The summed E-state index contributed by atoms with van der Waals surface area (Å²) in [5, 5.41) is 11.4. The molecule has 11 heteroatoms. The van der Waals surface area contributed by atoms with E-state index in [1.165, 1.54) is 36.4 Å². The predicted octanol–water partition coefficient (Wildman–Crippen LogP) is 4.33. The molecule has 1 unspecified atom stereocenters. The molecule has 2 aliphatic rings. The van der Waals surface area contributed by atoms with Gasteiger partial charge in [0.1, 0.15) is 36.3 Å². The standard InChI is InChI=1S/C27H21FN2O7S/c1-3-10-37-26(34)24-14(2)29-27(38-24)30-21(15-4-7-17(28)8-5-15)20(23(32)25(30)33)22(31)16-6-9-18-19(13-16)36-12-11-35-18/h3-9,13,21,31H,1,10-12H2,2H3/b22-20-. The Labute approximate surface area is 220 Å². The average molecular weight is 537 g/mol. The number of benzene rings is 2. The summed E-state index contributed by atoms with van der Waals surface area (Å²) in [7, 11) is 0. The predicted molar refractivity (Wildman–Crippen MR) is 136 cm³/mol. The SMILES string of the molecule is C=CCOC(=O)c1sc(N2C(=O)C(=O)/C(=C(\O)c3ccc4c(c3)OCCO4)C2c2ccc(F)cc2)nc1C. The van der Waals surface area contributed by atoms with Crippen LogP contribution in [0.4, 0.5) is 9.52 Å². The number of ether oxygens (including phenoxy) is 3. The number of nitrogens with zero attached hydrogens (tertiary/aromatic N) is 2. The largest absolute Gasteiger partial charge is 0.507 e. The van der Waals surface area contributed by atoms with Crippen LogP contribution in [0, 0.1) is 12.7 Å². The number of hydrogen-bond acceptors (Lipinski definition) is 9. The molecule has 1 atom stereocenters. The lowest BCUT2D eigenvalue weighted by atomic mass is 9.95. The molecule has 1 amide bonds. The van der Waals surface area contributed by atoms with Crippen molar-refractivity contribution in [2.45, 2.75) is 13.0 Å². The fraction of sp³-hybridized carbons (Fsp3) is 0.185. The number of amides is 1. The van der Waals surface area contributed by atoms with Crippen molar-refractivity contribution in [3.63, 3.8) is 0 Å². The van der Waals surface area contributed by atoms with Gasteiger partial charge in [0.2, 0.25) is 0 Å². The number of Topliss-reactive ketones (excluding diaryl/α,β-unsaturated/α-hetero) is 1. The van der Waals surface area contributed by atoms with Crippen LogP contribution in [-0.2, 0) is 14.3 Å². The third-order valence-electron chi connectivity index (χ3n) is 5.95. The minimum atomic E-state index is -1.15. The molecule has 9 nitrogen and oxygen atoms in total. The van der Waals surface area contributed by atoms with Crippen LogP contribution in [0.1, 0.15) is 32.5 Å². The summed E-state index contributed by atoms with van der Waals surface area (Å²) in [5.41, 5.74) is 0.657. The van der Waals surface area contributed by atoms with Crippen molar-refractivity contribution < 1.29 is 38.1 Å².